The predicted molar refractivity (Wildman–Crippen MR) is 311 cm³/mol. The first kappa shape index (κ1) is 56.1. The second kappa shape index (κ2) is 25.0. The van der Waals surface area contributed by atoms with Crippen LogP contribution in [0.25, 0.3) is 44.8 Å². The van der Waals surface area contributed by atoms with Crippen molar-refractivity contribution in [2.24, 2.45) is 0 Å². The number of aryl methyl sites for hydroxylation is 2. The second-order valence-electron chi connectivity index (χ2n) is 18.6. The number of nitrogens with zero attached hydrogens (tertiary/aromatic N) is 6. The molecule has 2 fully saturated rings. The second-order valence-corrected chi connectivity index (χ2v) is 20.2. The molecular formula is C57H50Cl4N12O7. The lowest BCUT2D eigenvalue weighted by Gasteiger charge is -2.13. The molecule has 4 aromatic carbocycles. The highest BCUT2D eigenvalue weighted by atomic mass is 35.5. The quantitative estimate of drug-likeness (QED) is 0.0508. The van der Waals surface area contributed by atoms with Gasteiger partial charge in [-0.3, -0.25) is 29.1 Å². The maximum absolute atomic E-state index is 13.0. The third-order valence-electron chi connectivity index (χ3n) is 12.6. The Labute approximate surface area is 477 Å². The Hall–Kier alpha value is -8.62. The van der Waals surface area contributed by atoms with Crippen molar-refractivity contribution in [3.63, 3.8) is 0 Å². The number of phenols is 1. The van der Waals surface area contributed by atoms with Gasteiger partial charge in [0.15, 0.2) is 0 Å². The van der Waals surface area contributed by atoms with E-state index in [1.807, 2.05) is 48.5 Å². The highest BCUT2D eigenvalue weighted by Gasteiger charge is 2.25. The van der Waals surface area contributed by atoms with Crippen LogP contribution in [0.3, 0.4) is 0 Å². The smallest absolute Gasteiger partial charge is 0.323 e. The standard InChI is InChI=1S/C29H26Cl2N6O3.C28H24Cl2N6O4/c1-2-37-28(39)25(34-29(40)35-27-22(30)15-32-16-23(27)31)14-24(36-37)20-8-4-7-19(13-20)18-6-3-5-17(11-18)12-26(38)33-21-9-10-21;1-2-36-27(39)23(33-28(40)34-25-20(29)13-31-14-21(25)30)12-22(35-36)16-5-3-4-15(10-16)19-11-17(6-9-24(19)37)26(38)32-18-7-8-18/h3-8,11,13-16,21H,2,9-10,12H2,1H3,(H,33,38)(H2,32,34,35,40);3-6,9-14,18,37H,2,7-8H2,1H3,(H,32,38)(H2,31,33,34,40). The van der Waals surface area contributed by atoms with Gasteiger partial charge in [-0.05, 0) is 104 Å². The van der Waals surface area contributed by atoms with E-state index in [-0.39, 0.29) is 73.0 Å². The fourth-order valence-corrected chi connectivity index (χ4v) is 9.15. The lowest BCUT2D eigenvalue weighted by atomic mass is 9.98. The normalized spacial score (nSPS) is 12.6. The number of anilines is 4. The molecule has 0 bridgehead atoms. The maximum Gasteiger partial charge on any atom is 0.323 e. The van der Waals surface area contributed by atoms with Gasteiger partial charge < -0.3 is 37.0 Å². The molecule has 0 spiro atoms. The van der Waals surface area contributed by atoms with E-state index in [1.54, 1.807) is 50.2 Å². The number of hydrogen-bond acceptors (Lipinski definition) is 11. The summed E-state index contributed by atoms with van der Waals surface area (Å²) in [5, 5.41) is 36.3. The van der Waals surface area contributed by atoms with Gasteiger partial charge in [-0.2, -0.15) is 10.2 Å². The van der Waals surface area contributed by atoms with E-state index in [0.717, 1.165) is 47.9 Å². The molecule has 2 saturated carbocycles. The number of carbonyl (C=O) groups excluding carboxylic acids is 4. The fraction of sp³-hybridized carbons (Fsp3) is 0.193. The molecule has 2 aliphatic carbocycles. The molecular weight excluding hydrogens is 1110 g/mol. The number of aromatic hydroxyl groups is 1. The first-order valence-electron chi connectivity index (χ1n) is 25.3. The van der Waals surface area contributed by atoms with Crippen molar-refractivity contribution in [1.29, 1.82) is 0 Å². The van der Waals surface area contributed by atoms with Crippen LogP contribution in [0.5, 0.6) is 5.75 Å². The molecule has 10 rings (SSSR count). The largest absolute Gasteiger partial charge is 0.507 e. The molecule has 19 nitrogen and oxygen atoms in total. The summed E-state index contributed by atoms with van der Waals surface area (Å²) in [6, 6.07) is 29.5. The van der Waals surface area contributed by atoms with Crippen molar-refractivity contribution in [3.8, 4) is 50.5 Å². The van der Waals surface area contributed by atoms with Gasteiger partial charge in [0.05, 0.1) is 49.3 Å². The highest BCUT2D eigenvalue weighted by molar-refractivity contribution is 6.40. The lowest BCUT2D eigenvalue weighted by Crippen LogP contribution is -2.29. The molecule has 4 heterocycles. The van der Waals surface area contributed by atoms with Crippen LogP contribution in [-0.4, -0.2) is 70.6 Å². The number of urea groups is 2. The Kier molecular flexibility index (Phi) is 17.5. The Bertz CT molecular complexity index is 3790. The van der Waals surface area contributed by atoms with Gasteiger partial charge in [0.25, 0.3) is 17.0 Å². The Morgan fingerprint density at radius 1 is 0.550 bits per heavy atom. The molecule has 0 saturated heterocycles. The highest BCUT2D eigenvalue weighted by Crippen LogP contribution is 2.35. The first-order chi connectivity index (χ1) is 38.5. The van der Waals surface area contributed by atoms with Crippen molar-refractivity contribution in [2.45, 2.75) is 71.1 Å². The van der Waals surface area contributed by atoms with Crippen molar-refractivity contribution in [2.75, 3.05) is 21.3 Å². The van der Waals surface area contributed by atoms with Gasteiger partial charge in [-0.1, -0.05) is 107 Å². The lowest BCUT2D eigenvalue weighted by molar-refractivity contribution is -0.120. The molecule has 0 unspecified atom stereocenters. The van der Waals surface area contributed by atoms with Crippen LogP contribution >= 0.6 is 46.4 Å². The molecule has 0 atom stereocenters. The summed E-state index contributed by atoms with van der Waals surface area (Å²) >= 11 is 24.4. The van der Waals surface area contributed by atoms with Crippen LogP contribution in [-0.2, 0) is 24.3 Å². The van der Waals surface area contributed by atoms with E-state index >= 15 is 0 Å². The van der Waals surface area contributed by atoms with Crippen LogP contribution in [0.2, 0.25) is 20.1 Å². The zero-order chi connectivity index (χ0) is 56.6. The number of phenolic OH excluding ortho intramolecular Hbond substituents is 1. The summed E-state index contributed by atoms with van der Waals surface area (Å²) in [5.41, 5.74) is 6.02. The average Bonchev–Trinajstić information content (AvgIpc) is 4.43. The Balaban J connectivity index is 0.000000194. The van der Waals surface area contributed by atoms with Gasteiger partial charge in [0, 0.05) is 72.2 Å². The van der Waals surface area contributed by atoms with Gasteiger partial charge in [-0.25, -0.2) is 19.0 Å². The predicted octanol–water partition coefficient (Wildman–Crippen LogP) is 11.3. The van der Waals surface area contributed by atoms with E-state index < -0.39 is 23.2 Å². The van der Waals surface area contributed by atoms with Gasteiger partial charge >= 0.3 is 12.1 Å². The number of pyridine rings is 2. The van der Waals surface area contributed by atoms with E-state index in [4.69, 9.17) is 46.4 Å². The summed E-state index contributed by atoms with van der Waals surface area (Å²) in [7, 11) is 0. The minimum atomic E-state index is -0.730. The summed E-state index contributed by atoms with van der Waals surface area (Å²) in [6.45, 7) is 4.10. The summed E-state index contributed by atoms with van der Waals surface area (Å²) < 4.78 is 2.51. The molecule has 8 aromatic rings. The average molecular weight is 1160 g/mol. The van der Waals surface area contributed by atoms with Gasteiger partial charge in [0.1, 0.15) is 17.1 Å². The minimum absolute atomic E-state index is 0.0130. The number of carbonyl (C=O) groups is 4. The van der Waals surface area contributed by atoms with Crippen molar-refractivity contribution >= 4 is 93.0 Å². The molecule has 2 aliphatic rings. The molecule has 6 amide bonds. The third-order valence-corrected chi connectivity index (χ3v) is 13.7. The Morgan fingerprint density at radius 2 is 1.00 bits per heavy atom. The number of benzene rings is 4. The van der Waals surface area contributed by atoms with E-state index in [0.29, 0.717) is 52.6 Å². The van der Waals surface area contributed by atoms with Crippen molar-refractivity contribution in [1.82, 2.24) is 40.2 Å². The number of rotatable bonds is 15. The van der Waals surface area contributed by atoms with Crippen molar-refractivity contribution in [3.05, 3.63) is 180 Å². The zero-order valence-corrected chi connectivity index (χ0v) is 45.8. The number of nitrogens with one attached hydrogen (secondary N) is 6. The number of amides is 6. The van der Waals surface area contributed by atoms with Crippen molar-refractivity contribution < 1.29 is 24.3 Å². The zero-order valence-electron chi connectivity index (χ0n) is 42.8. The summed E-state index contributed by atoms with van der Waals surface area (Å²) in [6.07, 6.45) is 9.72. The molecule has 0 aliphatic heterocycles. The minimum Gasteiger partial charge on any atom is -0.507 e. The number of halogens is 4. The van der Waals surface area contributed by atoms with Crippen LogP contribution < -0.4 is 43.0 Å². The Morgan fingerprint density at radius 3 is 1.50 bits per heavy atom. The summed E-state index contributed by atoms with van der Waals surface area (Å²) in [5.74, 6) is -0.157. The van der Waals surface area contributed by atoms with E-state index in [2.05, 4.69) is 52.1 Å². The fourth-order valence-electron chi connectivity index (χ4n) is 8.23. The van der Waals surface area contributed by atoms with Crippen LogP contribution in [0.15, 0.2) is 138 Å². The molecule has 4 aromatic heterocycles. The topological polar surface area (TPSA) is 256 Å². The molecule has 0 radical (unpaired) electrons. The SMILES string of the molecule is CCn1nc(-c2cccc(-c3cc(C(=O)NC4CC4)ccc3O)c2)cc(NC(=O)Nc2c(Cl)cncc2Cl)c1=O.CCn1nc(-c2cccc(-c3cccc(CC(=O)NC4CC4)c3)c2)cc(NC(=O)Nc2c(Cl)cncc2Cl)c1=O. The van der Waals surface area contributed by atoms with Crippen LogP contribution in [0.1, 0.15) is 55.5 Å². The van der Waals surface area contributed by atoms with Gasteiger partial charge in [-0.15, -0.1) is 0 Å². The van der Waals surface area contributed by atoms with Crippen LogP contribution in [0.4, 0.5) is 32.3 Å². The molecule has 80 heavy (non-hydrogen) atoms. The third kappa shape index (κ3) is 14.0. The van der Waals surface area contributed by atoms with Gasteiger partial charge in [0.2, 0.25) is 5.91 Å². The van der Waals surface area contributed by atoms with Crippen LogP contribution in [0, 0.1) is 0 Å². The molecule has 7 N–H and O–H groups in total. The maximum atomic E-state index is 13.0. The number of hydrogen-bond donors (Lipinski definition) is 7. The molecule has 23 heteroatoms. The first-order valence-corrected chi connectivity index (χ1v) is 26.8. The van der Waals surface area contributed by atoms with E-state index in [9.17, 15) is 33.9 Å². The molecule has 408 valence electrons. The van der Waals surface area contributed by atoms with E-state index in [1.165, 1.54) is 52.4 Å². The monoisotopic (exact) mass is 1150 g/mol. The summed E-state index contributed by atoms with van der Waals surface area (Å²) in [4.78, 5) is 83.9. The number of aromatic nitrogens is 6.